The summed E-state index contributed by atoms with van der Waals surface area (Å²) in [5.74, 6) is 0. The molecule has 346 valence electrons. The summed E-state index contributed by atoms with van der Waals surface area (Å²) < 4.78 is 0. The van der Waals surface area contributed by atoms with Crippen LogP contribution >= 0.6 is 0 Å². The Morgan fingerprint density at radius 2 is 1.15 bits per heavy atom. The van der Waals surface area contributed by atoms with E-state index in [-0.39, 0.29) is 6.04 Å². The quantitative estimate of drug-likeness (QED) is 0.164. The molecule has 0 saturated carbocycles. The van der Waals surface area contributed by atoms with Crippen LogP contribution in [0.1, 0.15) is 61.9 Å². The van der Waals surface area contributed by atoms with Gasteiger partial charge in [0.1, 0.15) is 0 Å². The van der Waals surface area contributed by atoms with E-state index in [4.69, 9.17) is 6.58 Å². The molecule has 4 aliphatic rings. The highest BCUT2D eigenvalue weighted by molar-refractivity contribution is 5.97. The van der Waals surface area contributed by atoms with Crippen molar-refractivity contribution in [1.29, 1.82) is 0 Å². The van der Waals surface area contributed by atoms with Crippen LogP contribution in [-0.4, -0.2) is 6.04 Å². The van der Waals surface area contributed by atoms with Crippen molar-refractivity contribution in [3.05, 3.63) is 263 Å². The van der Waals surface area contributed by atoms with Crippen LogP contribution in [0.2, 0.25) is 0 Å². The van der Waals surface area contributed by atoms with Gasteiger partial charge in [0.25, 0.3) is 0 Å². The zero-order valence-corrected chi connectivity index (χ0v) is 41.4. The average Bonchev–Trinajstić information content (AvgIpc) is 4.02. The highest BCUT2D eigenvalue weighted by atomic mass is 15.2. The van der Waals surface area contributed by atoms with Gasteiger partial charge in [0.05, 0.1) is 6.04 Å². The molecule has 0 radical (unpaired) electrons. The summed E-state index contributed by atoms with van der Waals surface area (Å²) in [5.41, 5.74) is 22.7. The first-order valence-electron chi connectivity index (χ1n) is 25.7. The van der Waals surface area contributed by atoms with Crippen molar-refractivity contribution in [3.8, 4) is 44.5 Å². The molecule has 71 heavy (non-hydrogen) atoms. The largest absolute Gasteiger partial charge is 0.334 e. The second kappa shape index (κ2) is 19.7. The van der Waals surface area contributed by atoms with Gasteiger partial charge in [-0.1, -0.05) is 204 Å². The minimum atomic E-state index is 0.166. The molecule has 2 nitrogen and oxygen atoms in total. The molecule has 9 aromatic rings. The van der Waals surface area contributed by atoms with E-state index in [2.05, 4.69) is 234 Å². The first kappa shape index (κ1) is 45.3. The van der Waals surface area contributed by atoms with Crippen LogP contribution < -0.4 is 20.2 Å². The molecular weight excluding hydrogens is 857 g/mol. The van der Waals surface area contributed by atoms with Crippen LogP contribution in [0.3, 0.4) is 0 Å². The lowest BCUT2D eigenvalue weighted by atomic mass is 9.96. The molecule has 9 aromatic carbocycles. The Hall–Kier alpha value is -8.20. The fourth-order valence-corrected chi connectivity index (χ4v) is 11.4. The molecule has 0 aromatic heterocycles. The summed E-state index contributed by atoms with van der Waals surface area (Å²) in [6, 6.07) is 70.2. The zero-order valence-electron chi connectivity index (χ0n) is 41.4. The predicted molar refractivity (Wildman–Crippen MR) is 305 cm³/mol. The Morgan fingerprint density at radius 3 is 1.99 bits per heavy atom. The molecule has 0 spiro atoms. The van der Waals surface area contributed by atoms with Gasteiger partial charge in [-0.2, -0.15) is 0 Å². The molecule has 0 saturated heterocycles. The van der Waals surface area contributed by atoms with E-state index in [9.17, 15) is 0 Å². The lowest BCUT2D eigenvalue weighted by molar-refractivity contribution is 0.765. The summed E-state index contributed by atoms with van der Waals surface area (Å²) in [5, 5.41) is 5.05. The second-order valence-electron chi connectivity index (χ2n) is 18.4. The molecule has 2 heteroatoms. The Bertz CT molecular complexity index is 3670. The summed E-state index contributed by atoms with van der Waals surface area (Å²) >= 11 is 0. The van der Waals surface area contributed by atoms with Crippen LogP contribution in [0.25, 0.3) is 67.4 Å². The van der Waals surface area contributed by atoms with Crippen LogP contribution in [0.15, 0.2) is 225 Å². The summed E-state index contributed by atoms with van der Waals surface area (Å²) in [4.78, 5) is 4.90. The summed E-state index contributed by atoms with van der Waals surface area (Å²) in [7, 11) is 0. The third-order valence-corrected chi connectivity index (χ3v) is 14.5. The van der Waals surface area contributed by atoms with E-state index < -0.39 is 0 Å². The van der Waals surface area contributed by atoms with Crippen molar-refractivity contribution in [1.82, 2.24) is 0 Å². The molecule has 1 aliphatic heterocycles. The molecule has 0 bridgehead atoms. The van der Waals surface area contributed by atoms with Crippen molar-refractivity contribution in [2.75, 3.05) is 9.80 Å². The standard InChI is InChI=1S/C65H48N2.2C2H6/c1-43-37-50-25-26-52-39-49-15-7-10-23-62(49)65(52)63(50)34-29-51-38-47(30-36-64(51)66(43)54-18-3-2-4-19-54)46-17-11-20-56(41-46)67(57-33-35-61-53(42-57)40-48-14-6-9-22-60(48)61)55-31-27-45(28-32-55)59-24-12-16-44-13-5-8-21-58(44)59;2*1-2/h2-18,20-28,30-38,41-42,54H,1,19,29,39-40H2;2*1-2H3/b50-37-,63-34+;;. The van der Waals surface area contributed by atoms with Gasteiger partial charge in [-0.3, -0.25) is 0 Å². The number of fused-ring (bicyclic) bond motifs is 10. The number of nitrogens with zero attached hydrogens (tertiary/aromatic N) is 2. The van der Waals surface area contributed by atoms with Gasteiger partial charge < -0.3 is 9.80 Å². The van der Waals surface area contributed by atoms with Crippen molar-refractivity contribution in [3.63, 3.8) is 0 Å². The fourth-order valence-electron chi connectivity index (χ4n) is 11.4. The molecule has 13 rings (SSSR count). The molecule has 3 aliphatic carbocycles. The second-order valence-corrected chi connectivity index (χ2v) is 18.4. The molecule has 1 heterocycles. The molecule has 0 N–H and O–H groups in total. The number of anilines is 4. The SMILES string of the molecule is C=C1/C=c2/ccc3c(/c2=C/Cc2cc(-c4cccc(N(c5ccc(-c6cccc7ccccc67)cc5)c5ccc6c(c5)Cc5ccccc5-6)c4)ccc2N1C1C=CC=CC1)-c1ccccc1C3.CC.CC. The summed E-state index contributed by atoms with van der Waals surface area (Å²) in [6.07, 6.45) is 17.4. The number of hydrogen-bond donors (Lipinski definition) is 0. The normalized spacial score (nSPS) is 15.5. The van der Waals surface area contributed by atoms with Gasteiger partial charge in [-0.05, 0) is 174 Å². The molecule has 0 amide bonds. The third-order valence-electron chi connectivity index (χ3n) is 14.5. The number of allylic oxidation sites excluding steroid dienone is 3. The van der Waals surface area contributed by atoms with Crippen molar-refractivity contribution >= 4 is 45.7 Å². The lowest BCUT2D eigenvalue weighted by Crippen LogP contribution is -2.34. The van der Waals surface area contributed by atoms with Gasteiger partial charge in [-0.15, -0.1) is 0 Å². The summed E-state index contributed by atoms with van der Waals surface area (Å²) in [6.45, 7) is 12.8. The number of hydrogen-bond acceptors (Lipinski definition) is 2. The monoisotopic (exact) mass is 916 g/mol. The minimum Gasteiger partial charge on any atom is -0.334 e. The van der Waals surface area contributed by atoms with Gasteiger partial charge in [0, 0.05) is 28.4 Å². The molecule has 0 fully saturated rings. The van der Waals surface area contributed by atoms with E-state index in [0.717, 1.165) is 48.4 Å². The number of rotatable bonds is 6. The fraction of sp³-hybridized carbons (Fsp3) is 0.130. The first-order chi connectivity index (χ1) is 35.1. The van der Waals surface area contributed by atoms with Crippen LogP contribution in [0.4, 0.5) is 22.7 Å². The Morgan fingerprint density at radius 1 is 0.493 bits per heavy atom. The van der Waals surface area contributed by atoms with Crippen molar-refractivity contribution in [2.24, 2.45) is 0 Å². The minimum absolute atomic E-state index is 0.166. The maximum atomic E-state index is 4.78. The third kappa shape index (κ3) is 8.34. The van der Waals surface area contributed by atoms with E-state index in [1.807, 2.05) is 27.7 Å². The van der Waals surface area contributed by atoms with Crippen LogP contribution in [-0.2, 0) is 19.3 Å². The molecular formula is C69H60N2. The van der Waals surface area contributed by atoms with E-state index in [0.29, 0.717) is 0 Å². The maximum absolute atomic E-state index is 4.78. The maximum Gasteiger partial charge on any atom is 0.0559 e. The first-order valence-corrected chi connectivity index (χ1v) is 25.7. The van der Waals surface area contributed by atoms with Gasteiger partial charge in [0.15, 0.2) is 0 Å². The Kier molecular flexibility index (Phi) is 12.5. The predicted octanol–water partition coefficient (Wildman–Crippen LogP) is 16.9. The molecule has 1 atom stereocenters. The molecule has 1 unspecified atom stereocenters. The average molecular weight is 917 g/mol. The highest BCUT2D eigenvalue weighted by Crippen LogP contribution is 2.44. The highest BCUT2D eigenvalue weighted by Gasteiger charge is 2.26. The van der Waals surface area contributed by atoms with E-state index >= 15 is 0 Å². The Balaban J connectivity index is 0.00000134. The number of benzene rings is 9. The van der Waals surface area contributed by atoms with Crippen LogP contribution in [0, 0.1) is 0 Å². The van der Waals surface area contributed by atoms with E-state index in [1.54, 1.807) is 0 Å². The van der Waals surface area contributed by atoms with Gasteiger partial charge in [-0.25, -0.2) is 0 Å². The Labute approximate surface area is 420 Å². The van der Waals surface area contributed by atoms with Gasteiger partial charge in [0.2, 0.25) is 0 Å². The van der Waals surface area contributed by atoms with E-state index in [1.165, 1.54) is 99.2 Å². The lowest BCUT2D eigenvalue weighted by Gasteiger charge is -2.34. The zero-order chi connectivity index (χ0) is 48.4. The van der Waals surface area contributed by atoms with Crippen LogP contribution in [0.5, 0.6) is 0 Å². The smallest absolute Gasteiger partial charge is 0.0559 e. The van der Waals surface area contributed by atoms with Crippen molar-refractivity contribution in [2.45, 2.75) is 59.4 Å². The topological polar surface area (TPSA) is 6.48 Å². The van der Waals surface area contributed by atoms with Crippen molar-refractivity contribution < 1.29 is 0 Å². The van der Waals surface area contributed by atoms with Gasteiger partial charge >= 0.3 is 0 Å².